The average molecular weight is 199 g/mol. The lowest BCUT2D eigenvalue weighted by atomic mass is 10.3. The maximum atomic E-state index is 5.81. The zero-order chi connectivity index (χ0) is 9.68. The lowest BCUT2D eigenvalue weighted by Gasteiger charge is -2.05. The van der Waals surface area contributed by atoms with Crippen molar-refractivity contribution in [2.75, 3.05) is 11.9 Å². The quantitative estimate of drug-likeness (QED) is 0.594. The van der Waals surface area contributed by atoms with Crippen molar-refractivity contribution >= 4 is 17.4 Å². The van der Waals surface area contributed by atoms with Gasteiger partial charge in [0, 0.05) is 6.54 Å². The second-order valence-electron chi connectivity index (χ2n) is 3.13. The first-order valence-corrected chi connectivity index (χ1v) is 4.98. The van der Waals surface area contributed by atoms with Crippen LogP contribution in [-0.2, 0) is 0 Å². The van der Waals surface area contributed by atoms with Crippen molar-refractivity contribution in [2.45, 2.75) is 26.7 Å². The summed E-state index contributed by atoms with van der Waals surface area (Å²) in [4.78, 5) is 4.16. The molecule has 0 bridgehead atoms. The maximum absolute atomic E-state index is 5.81. The van der Waals surface area contributed by atoms with E-state index in [9.17, 15) is 0 Å². The van der Waals surface area contributed by atoms with Crippen molar-refractivity contribution in [3.63, 3.8) is 0 Å². The molecule has 72 valence electrons. The highest BCUT2D eigenvalue weighted by molar-refractivity contribution is 6.29. The van der Waals surface area contributed by atoms with E-state index in [0.29, 0.717) is 5.15 Å². The lowest BCUT2D eigenvalue weighted by Crippen LogP contribution is -2.02. The van der Waals surface area contributed by atoms with Gasteiger partial charge in [-0.05, 0) is 31.0 Å². The van der Waals surface area contributed by atoms with Crippen LogP contribution in [0.15, 0.2) is 12.1 Å². The van der Waals surface area contributed by atoms with E-state index < -0.39 is 0 Å². The summed E-state index contributed by atoms with van der Waals surface area (Å²) in [7, 11) is 0. The largest absolute Gasteiger partial charge is 0.370 e. The van der Waals surface area contributed by atoms with Gasteiger partial charge in [0.2, 0.25) is 0 Å². The van der Waals surface area contributed by atoms with Gasteiger partial charge in [-0.25, -0.2) is 4.98 Å². The Bertz CT molecular complexity index is 253. The van der Waals surface area contributed by atoms with Gasteiger partial charge in [-0.15, -0.1) is 0 Å². The Labute approximate surface area is 84.3 Å². The normalized spacial score (nSPS) is 10.1. The van der Waals surface area contributed by atoms with Crippen molar-refractivity contribution in [3.05, 3.63) is 22.8 Å². The molecular weight excluding hydrogens is 184 g/mol. The Kier molecular flexibility index (Phi) is 4.03. The first kappa shape index (κ1) is 10.3. The van der Waals surface area contributed by atoms with Gasteiger partial charge < -0.3 is 5.32 Å². The summed E-state index contributed by atoms with van der Waals surface area (Å²) in [6.45, 7) is 5.14. The van der Waals surface area contributed by atoms with E-state index in [1.165, 1.54) is 6.42 Å². The van der Waals surface area contributed by atoms with Gasteiger partial charge in [-0.1, -0.05) is 24.9 Å². The van der Waals surface area contributed by atoms with Crippen molar-refractivity contribution in [1.29, 1.82) is 0 Å². The van der Waals surface area contributed by atoms with Gasteiger partial charge in [-0.3, -0.25) is 0 Å². The fraction of sp³-hybridized carbons (Fsp3) is 0.500. The fourth-order valence-electron chi connectivity index (χ4n) is 1.11. The van der Waals surface area contributed by atoms with Gasteiger partial charge in [0.25, 0.3) is 0 Å². The second-order valence-corrected chi connectivity index (χ2v) is 3.52. The number of hydrogen-bond acceptors (Lipinski definition) is 2. The number of rotatable bonds is 4. The molecule has 3 heteroatoms. The van der Waals surface area contributed by atoms with Crippen LogP contribution in [0.1, 0.15) is 25.3 Å². The Morgan fingerprint density at radius 3 is 2.85 bits per heavy atom. The summed E-state index contributed by atoms with van der Waals surface area (Å²) >= 11 is 5.81. The Balaban J connectivity index is 2.56. The number of unbranched alkanes of at least 4 members (excludes halogenated alkanes) is 1. The molecule has 0 aliphatic rings. The highest BCUT2D eigenvalue weighted by Gasteiger charge is 1.96. The maximum Gasteiger partial charge on any atom is 0.131 e. The minimum Gasteiger partial charge on any atom is -0.370 e. The minimum absolute atomic E-state index is 0.555. The number of pyridine rings is 1. The molecule has 0 amide bonds. The molecule has 13 heavy (non-hydrogen) atoms. The minimum atomic E-state index is 0.555. The number of aromatic nitrogens is 1. The van der Waals surface area contributed by atoms with E-state index in [-0.39, 0.29) is 0 Å². The van der Waals surface area contributed by atoms with Crippen LogP contribution in [0.2, 0.25) is 5.15 Å². The molecule has 1 aromatic heterocycles. The van der Waals surface area contributed by atoms with Crippen LogP contribution < -0.4 is 5.32 Å². The number of halogens is 1. The van der Waals surface area contributed by atoms with E-state index in [4.69, 9.17) is 11.6 Å². The topological polar surface area (TPSA) is 24.9 Å². The zero-order valence-electron chi connectivity index (χ0n) is 8.10. The van der Waals surface area contributed by atoms with E-state index in [2.05, 4.69) is 17.2 Å². The third-order valence-electron chi connectivity index (χ3n) is 1.77. The molecule has 0 fully saturated rings. The van der Waals surface area contributed by atoms with Crippen LogP contribution in [0.3, 0.4) is 0 Å². The molecule has 0 saturated carbocycles. The molecule has 0 atom stereocenters. The molecule has 0 saturated heterocycles. The summed E-state index contributed by atoms with van der Waals surface area (Å²) in [5, 5.41) is 3.79. The molecule has 2 nitrogen and oxygen atoms in total. The van der Waals surface area contributed by atoms with Gasteiger partial charge in [0.1, 0.15) is 11.0 Å². The molecule has 0 aromatic carbocycles. The van der Waals surface area contributed by atoms with E-state index in [1.54, 1.807) is 0 Å². The number of nitrogens with zero attached hydrogens (tertiary/aromatic N) is 1. The highest BCUT2D eigenvalue weighted by Crippen LogP contribution is 2.13. The van der Waals surface area contributed by atoms with Gasteiger partial charge in [0.15, 0.2) is 0 Å². The summed E-state index contributed by atoms with van der Waals surface area (Å²) in [5.74, 6) is 0.874. The monoisotopic (exact) mass is 198 g/mol. The van der Waals surface area contributed by atoms with Gasteiger partial charge >= 0.3 is 0 Å². The molecule has 1 heterocycles. The molecule has 0 aliphatic carbocycles. The van der Waals surface area contributed by atoms with E-state index in [0.717, 1.165) is 24.3 Å². The fourth-order valence-corrected chi connectivity index (χ4v) is 1.37. The van der Waals surface area contributed by atoms with Crippen LogP contribution in [0.5, 0.6) is 0 Å². The van der Waals surface area contributed by atoms with Crippen LogP contribution in [-0.4, -0.2) is 11.5 Å². The number of hydrogen-bond donors (Lipinski definition) is 1. The standard InChI is InChI=1S/C10H15ClN2/c1-3-4-5-12-10-7-8(2)6-9(11)13-10/h6-7H,3-5H2,1-2H3,(H,12,13). The number of anilines is 1. The number of aryl methyl sites for hydroxylation is 1. The molecule has 0 unspecified atom stereocenters. The first-order valence-electron chi connectivity index (χ1n) is 4.60. The van der Waals surface area contributed by atoms with E-state index >= 15 is 0 Å². The SMILES string of the molecule is CCCCNc1cc(C)cc(Cl)n1. The second kappa shape index (κ2) is 5.07. The van der Waals surface area contributed by atoms with Gasteiger partial charge in [-0.2, -0.15) is 0 Å². The zero-order valence-corrected chi connectivity index (χ0v) is 8.86. The first-order chi connectivity index (χ1) is 6.22. The predicted molar refractivity (Wildman–Crippen MR) is 57.4 cm³/mol. The molecule has 0 spiro atoms. The Hall–Kier alpha value is -0.760. The lowest BCUT2D eigenvalue weighted by molar-refractivity contribution is 0.831. The van der Waals surface area contributed by atoms with Gasteiger partial charge in [0.05, 0.1) is 0 Å². The Morgan fingerprint density at radius 1 is 1.46 bits per heavy atom. The van der Waals surface area contributed by atoms with Crippen molar-refractivity contribution in [1.82, 2.24) is 4.98 Å². The molecule has 0 aliphatic heterocycles. The van der Waals surface area contributed by atoms with E-state index in [1.807, 2.05) is 19.1 Å². The Morgan fingerprint density at radius 2 is 2.23 bits per heavy atom. The molecule has 1 rings (SSSR count). The molecular formula is C10H15ClN2. The highest BCUT2D eigenvalue weighted by atomic mass is 35.5. The number of nitrogens with one attached hydrogen (secondary N) is 1. The third-order valence-corrected chi connectivity index (χ3v) is 1.97. The van der Waals surface area contributed by atoms with Crippen molar-refractivity contribution < 1.29 is 0 Å². The summed E-state index contributed by atoms with van der Waals surface area (Å²) < 4.78 is 0. The average Bonchev–Trinajstić information content (AvgIpc) is 2.03. The predicted octanol–water partition coefficient (Wildman–Crippen LogP) is 3.26. The summed E-state index contributed by atoms with van der Waals surface area (Å²) in [6.07, 6.45) is 2.35. The smallest absolute Gasteiger partial charge is 0.131 e. The molecule has 0 radical (unpaired) electrons. The van der Waals surface area contributed by atoms with Crippen molar-refractivity contribution in [2.24, 2.45) is 0 Å². The van der Waals surface area contributed by atoms with Crippen LogP contribution in [0.25, 0.3) is 0 Å². The van der Waals surface area contributed by atoms with Crippen molar-refractivity contribution in [3.8, 4) is 0 Å². The van der Waals surface area contributed by atoms with Crippen LogP contribution >= 0.6 is 11.6 Å². The molecule has 1 aromatic rings. The summed E-state index contributed by atoms with van der Waals surface area (Å²) in [6, 6.07) is 3.86. The molecule has 1 N–H and O–H groups in total. The summed E-state index contributed by atoms with van der Waals surface area (Å²) in [5.41, 5.74) is 1.14. The van der Waals surface area contributed by atoms with Crippen LogP contribution in [0.4, 0.5) is 5.82 Å². The third kappa shape index (κ3) is 3.64. The van der Waals surface area contributed by atoms with Crippen LogP contribution in [0, 0.1) is 6.92 Å².